The first-order valence-corrected chi connectivity index (χ1v) is 9.55. The van der Waals surface area contributed by atoms with E-state index in [2.05, 4.69) is 10.2 Å². The Labute approximate surface area is 146 Å². The van der Waals surface area contributed by atoms with Crippen LogP contribution in [0.5, 0.6) is 0 Å². The van der Waals surface area contributed by atoms with Crippen LogP contribution in [0, 0.1) is 11.3 Å². The minimum absolute atomic E-state index is 0.0776. The van der Waals surface area contributed by atoms with Gasteiger partial charge in [-0.2, -0.15) is 0 Å². The Hall–Kier alpha value is -1.14. The number of amides is 2. The van der Waals surface area contributed by atoms with E-state index in [9.17, 15) is 9.59 Å². The second-order valence-corrected chi connectivity index (χ2v) is 7.24. The van der Waals surface area contributed by atoms with E-state index >= 15 is 0 Å². The first-order valence-electron chi connectivity index (χ1n) is 9.55. The lowest BCUT2D eigenvalue weighted by Gasteiger charge is -2.38. The van der Waals surface area contributed by atoms with E-state index in [1.807, 2.05) is 18.7 Å². The number of rotatable bonds is 8. The molecular formula is C18H34N4O2. The maximum atomic E-state index is 12.4. The molecule has 0 spiro atoms. The van der Waals surface area contributed by atoms with Gasteiger partial charge in [0.2, 0.25) is 11.8 Å². The number of nitrogens with zero attached hydrogens (tertiary/aromatic N) is 2. The number of nitrogens with one attached hydrogen (secondary N) is 1. The maximum absolute atomic E-state index is 12.4. The summed E-state index contributed by atoms with van der Waals surface area (Å²) in [5, 5.41) is 3.05. The second-order valence-electron chi connectivity index (χ2n) is 7.24. The normalized spacial score (nSPS) is 19.9. The highest BCUT2D eigenvalue weighted by atomic mass is 16.2. The molecule has 1 heterocycles. The summed E-state index contributed by atoms with van der Waals surface area (Å²) in [4.78, 5) is 29.0. The molecule has 0 aromatic rings. The van der Waals surface area contributed by atoms with Crippen molar-refractivity contribution in [2.75, 3.05) is 45.8 Å². The number of hydrogen-bond donors (Lipinski definition) is 2. The van der Waals surface area contributed by atoms with E-state index < -0.39 is 5.41 Å². The van der Waals surface area contributed by atoms with Crippen LogP contribution in [-0.4, -0.2) is 67.4 Å². The molecular weight excluding hydrogens is 304 g/mol. The van der Waals surface area contributed by atoms with Crippen molar-refractivity contribution in [3.05, 3.63) is 0 Å². The summed E-state index contributed by atoms with van der Waals surface area (Å²) in [5.41, 5.74) is 5.40. The Balaban J connectivity index is 1.67. The van der Waals surface area contributed by atoms with Crippen LogP contribution >= 0.6 is 0 Å². The Bertz CT molecular complexity index is 416. The van der Waals surface area contributed by atoms with Gasteiger partial charge in [0.15, 0.2) is 0 Å². The highest BCUT2D eigenvalue weighted by molar-refractivity contribution is 5.82. The molecule has 6 nitrogen and oxygen atoms in total. The predicted octanol–water partition coefficient (Wildman–Crippen LogP) is 0.812. The van der Waals surface area contributed by atoms with Crippen LogP contribution in [0.15, 0.2) is 0 Å². The van der Waals surface area contributed by atoms with Gasteiger partial charge in [0, 0.05) is 51.7 Å². The van der Waals surface area contributed by atoms with Crippen molar-refractivity contribution in [2.45, 2.75) is 46.0 Å². The monoisotopic (exact) mass is 338 g/mol. The Morgan fingerprint density at radius 1 is 1.12 bits per heavy atom. The molecule has 2 rings (SSSR count). The van der Waals surface area contributed by atoms with Crippen molar-refractivity contribution in [1.82, 2.24) is 15.1 Å². The predicted molar refractivity (Wildman–Crippen MR) is 95.4 cm³/mol. The van der Waals surface area contributed by atoms with E-state index in [1.54, 1.807) is 0 Å². The summed E-state index contributed by atoms with van der Waals surface area (Å²) < 4.78 is 0. The van der Waals surface area contributed by atoms with Gasteiger partial charge >= 0.3 is 0 Å². The van der Waals surface area contributed by atoms with Gasteiger partial charge in [0.1, 0.15) is 0 Å². The number of carbonyl (C=O) groups excluding carboxylic acids is 2. The van der Waals surface area contributed by atoms with Crippen LogP contribution in [0.2, 0.25) is 0 Å². The molecule has 24 heavy (non-hydrogen) atoms. The number of hydrogen-bond acceptors (Lipinski definition) is 4. The Kier molecular flexibility index (Phi) is 7.04. The quantitative estimate of drug-likeness (QED) is 0.686. The summed E-state index contributed by atoms with van der Waals surface area (Å²) in [6.45, 7) is 9.37. The Morgan fingerprint density at radius 2 is 1.75 bits per heavy atom. The van der Waals surface area contributed by atoms with Crippen LogP contribution in [0.4, 0.5) is 0 Å². The van der Waals surface area contributed by atoms with E-state index in [0.29, 0.717) is 24.9 Å². The molecule has 1 saturated carbocycles. The van der Waals surface area contributed by atoms with E-state index in [-0.39, 0.29) is 5.91 Å². The van der Waals surface area contributed by atoms with Gasteiger partial charge in [-0.25, -0.2) is 0 Å². The van der Waals surface area contributed by atoms with Crippen LogP contribution in [0.25, 0.3) is 0 Å². The fraction of sp³-hybridized carbons (Fsp3) is 0.889. The van der Waals surface area contributed by atoms with Gasteiger partial charge < -0.3 is 16.0 Å². The SMILES string of the molecule is CCC(CC)(CN)C(=O)NCCN1CCN(C(=O)C2CCC2)CC1. The molecule has 2 fully saturated rings. The topological polar surface area (TPSA) is 78.7 Å². The van der Waals surface area contributed by atoms with E-state index in [1.165, 1.54) is 6.42 Å². The van der Waals surface area contributed by atoms with Crippen molar-refractivity contribution < 1.29 is 9.59 Å². The van der Waals surface area contributed by atoms with Crippen molar-refractivity contribution in [3.63, 3.8) is 0 Å². The minimum atomic E-state index is -0.423. The third kappa shape index (κ3) is 4.28. The van der Waals surface area contributed by atoms with Crippen molar-refractivity contribution in [1.29, 1.82) is 0 Å². The maximum Gasteiger partial charge on any atom is 0.227 e. The zero-order chi connectivity index (χ0) is 17.6. The largest absolute Gasteiger partial charge is 0.354 e. The number of piperazine rings is 1. The summed E-state index contributed by atoms with van der Waals surface area (Å²) in [6, 6.07) is 0. The van der Waals surface area contributed by atoms with Gasteiger partial charge in [-0.1, -0.05) is 20.3 Å². The fourth-order valence-corrected chi connectivity index (χ4v) is 3.57. The number of nitrogens with two attached hydrogens (primary N) is 1. The molecule has 138 valence electrons. The Morgan fingerprint density at radius 3 is 2.21 bits per heavy atom. The fourth-order valence-electron chi connectivity index (χ4n) is 3.57. The standard InChI is InChI=1S/C18H34N4O2/c1-3-18(4-2,14-19)17(24)20-8-9-21-10-12-22(13-11-21)16(23)15-6-5-7-15/h15H,3-14,19H2,1-2H3,(H,20,24). The second kappa shape index (κ2) is 8.81. The first kappa shape index (κ1) is 19.2. The van der Waals surface area contributed by atoms with Gasteiger partial charge in [0.25, 0.3) is 0 Å². The zero-order valence-electron chi connectivity index (χ0n) is 15.4. The molecule has 0 aromatic carbocycles. The van der Waals surface area contributed by atoms with Crippen LogP contribution in [0.3, 0.4) is 0 Å². The molecule has 0 atom stereocenters. The zero-order valence-corrected chi connectivity index (χ0v) is 15.4. The molecule has 2 amide bonds. The first-order chi connectivity index (χ1) is 11.6. The molecule has 3 N–H and O–H groups in total. The molecule has 6 heteroatoms. The molecule has 1 aliphatic carbocycles. The molecule has 0 bridgehead atoms. The van der Waals surface area contributed by atoms with Gasteiger partial charge in [-0.15, -0.1) is 0 Å². The van der Waals surface area contributed by atoms with Gasteiger partial charge in [0.05, 0.1) is 5.41 Å². The van der Waals surface area contributed by atoms with Crippen molar-refractivity contribution in [3.8, 4) is 0 Å². The summed E-state index contributed by atoms with van der Waals surface area (Å²) in [6.07, 6.45) is 4.89. The summed E-state index contributed by atoms with van der Waals surface area (Å²) >= 11 is 0. The average molecular weight is 338 g/mol. The van der Waals surface area contributed by atoms with Crippen LogP contribution in [0.1, 0.15) is 46.0 Å². The summed E-state index contributed by atoms with van der Waals surface area (Å²) in [5.74, 6) is 0.727. The lowest BCUT2D eigenvalue weighted by Crippen LogP contribution is -2.53. The summed E-state index contributed by atoms with van der Waals surface area (Å²) in [7, 11) is 0. The minimum Gasteiger partial charge on any atom is -0.354 e. The molecule has 1 saturated heterocycles. The third-order valence-electron chi connectivity index (χ3n) is 6.08. The van der Waals surface area contributed by atoms with Gasteiger partial charge in [-0.3, -0.25) is 14.5 Å². The van der Waals surface area contributed by atoms with Crippen molar-refractivity contribution in [2.24, 2.45) is 17.1 Å². The molecule has 0 unspecified atom stereocenters. The average Bonchev–Trinajstić information content (AvgIpc) is 2.56. The highest BCUT2D eigenvalue weighted by Gasteiger charge is 2.33. The third-order valence-corrected chi connectivity index (χ3v) is 6.08. The number of carbonyl (C=O) groups is 2. The highest BCUT2D eigenvalue weighted by Crippen LogP contribution is 2.28. The lowest BCUT2D eigenvalue weighted by molar-refractivity contribution is -0.139. The van der Waals surface area contributed by atoms with E-state index in [4.69, 9.17) is 5.73 Å². The van der Waals surface area contributed by atoms with E-state index in [0.717, 1.165) is 58.4 Å². The van der Waals surface area contributed by atoms with Gasteiger partial charge in [-0.05, 0) is 25.7 Å². The molecule has 1 aliphatic heterocycles. The molecule has 2 aliphatic rings. The lowest BCUT2D eigenvalue weighted by atomic mass is 9.81. The van der Waals surface area contributed by atoms with Crippen LogP contribution < -0.4 is 11.1 Å². The smallest absolute Gasteiger partial charge is 0.227 e. The van der Waals surface area contributed by atoms with Crippen LogP contribution in [-0.2, 0) is 9.59 Å². The molecule has 0 radical (unpaired) electrons. The van der Waals surface area contributed by atoms with Crippen molar-refractivity contribution >= 4 is 11.8 Å². The molecule has 0 aromatic heterocycles.